The molecule has 5 nitrogen and oxygen atoms in total. The Labute approximate surface area is 120 Å². The van der Waals surface area contributed by atoms with Gasteiger partial charge in [0.1, 0.15) is 5.82 Å². The number of rotatable bonds is 4. The van der Waals surface area contributed by atoms with Gasteiger partial charge in [0.2, 0.25) is 0 Å². The van der Waals surface area contributed by atoms with Gasteiger partial charge in [-0.2, -0.15) is 0 Å². The van der Waals surface area contributed by atoms with Crippen molar-refractivity contribution in [1.29, 1.82) is 0 Å². The number of hydrogen-bond donors (Lipinski definition) is 1. The molecule has 2 heterocycles. The Hall–Kier alpha value is -1.52. The Balaban J connectivity index is 1.61. The molecule has 0 aromatic carbocycles. The first kappa shape index (κ1) is 13.5. The van der Waals surface area contributed by atoms with Crippen LogP contribution in [-0.4, -0.2) is 40.1 Å². The predicted octanol–water partition coefficient (Wildman–Crippen LogP) is 2.12. The second-order valence-corrected chi connectivity index (χ2v) is 6.06. The molecule has 1 N–H and O–H groups in total. The van der Waals surface area contributed by atoms with E-state index < -0.39 is 0 Å². The number of nitrogens with one attached hydrogen (secondary N) is 1. The van der Waals surface area contributed by atoms with E-state index in [1.807, 2.05) is 18.0 Å². The number of imidazole rings is 1. The molecule has 1 saturated carbocycles. The molecule has 20 heavy (non-hydrogen) atoms. The quantitative estimate of drug-likeness (QED) is 0.915. The number of likely N-dealkylation sites (tertiary alicyclic amines) is 1. The Morgan fingerprint density at radius 3 is 2.95 bits per heavy atom. The summed E-state index contributed by atoms with van der Waals surface area (Å²) in [6, 6.07) is 0.769. The molecule has 3 rings (SSSR count). The fourth-order valence-corrected chi connectivity index (χ4v) is 3.18. The number of carbonyl (C=O) groups is 1. The van der Waals surface area contributed by atoms with Gasteiger partial charge >= 0.3 is 6.03 Å². The first-order chi connectivity index (χ1) is 9.69. The second kappa shape index (κ2) is 5.46. The van der Waals surface area contributed by atoms with Gasteiger partial charge < -0.3 is 14.8 Å². The van der Waals surface area contributed by atoms with E-state index in [-0.39, 0.29) is 6.03 Å². The SMILES string of the molecule is CCNC(=O)N1CCC(Cc2ncc(C)n2C2CC2)C1. The van der Waals surface area contributed by atoms with E-state index in [2.05, 4.69) is 21.8 Å². The second-order valence-electron chi connectivity index (χ2n) is 6.06. The molecule has 0 bridgehead atoms. The molecule has 1 saturated heterocycles. The monoisotopic (exact) mass is 276 g/mol. The Bertz CT molecular complexity index is 492. The minimum atomic E-state index is 0.0803. The summed E-state index contributed by atoms with van der Waals surface area (Å²) in [5.74, 6) is 1.77. The van der Waals surface area contributed by atoms with Gasteiger partial charge in [-0.3, -0.25) is 0 Å². The highest BCUT2D eigenvalue weighted by molar-refractivity contribution is 5.74. The van der Waals surface area contributed by atoms with Gasteiger partial charge in [0.25, 0.3) is 0 Å². The van der Waals surface area contributed by atoms with Crippen LogP contribution in [0.25, 0.3) is 0 Å². The van der Waals surface area contributed by atoms with Crippen LogP contribution < -0.4 is 5.32 Å². The normalized spacial score (nSPS) is 22.3. The molecule has 1 aromatic rings. The number of amides is 2. The van der Waals surface area contributed by atoms with E-state index in [0.29, 0.717) is 18.5 Å². The van der Waals surface area contributed by atoms with Crippen molar-refractivity contribution in [1.82, 2.24) is 19.8 Å². The third kappa shape index (κ3) is 2.67. The van der Waals surface area contributed by atoms with Gasteiger partial charge in [-0.25, -0.2) is 9.78 Å². The fraction of sp³-hybridized carbons (Fsp3) is 0.733. The van der Waals surface area contributed by atoms with Crippen molar-refractivity contribution in [3.05, 3.63) is 17.7 Å². The van der Waals surface area contributed by atoms with Crippen LogP contribution in [0.3, 0.4) is 0 Å². The average molecular weight is 276 g/mol. The van der Waals surface area contributed by atoms with E-state index >= 15 is 0 Å². The van der Waals surface area contributed by atoms with Crippen LogP contribution in [0.5, 0.6) is 0 Å². The number of carbonyl (C=O) groups excluding carboxylic acids is 1. The van der Waals surface area contributed by atoms with E-state index in [0.717, 1.165) is 25.9 Å². The molecule has 0 radical (unpaired) electrons. The summed E-state index contributed by atoms with van der Waals surface area (Å²) in [6.07, 6.45) is 6.66. The molecular weight excluding hydrogens is 252 g/mol. The van der Waals surface area contributed by atoms with Gasteiger partial charge in [0.15, 0.2) is 0 Å². The molecule has 2 fully saturated rings. The lowest BCUT2D eigenvalue weighted by atomic mass is 10.0. The lowest BCUT2D eigenvalue weighted by molar-refractivity contribution is 0.207. The van der Waals surface area contributed by atoms with Crippen LogP contribution in [0.15, 0.2) is 6.20 Å². The smallest absolute Gasteiger partial charge is 0.317 e. The molecular formula is C15H24N4O. The zero-order valence-electron chi connectivity index (χ0n) is 12.4. The molecule has 1 aromatic heterocycles. The molecule has 1 aliphatic heterocycles. The van der Waals surface area contributed by atoms with Gasteiger partial charge in [-0.1, -0.05) is 0 Å². The Morgan fingerprint density at radius 1 is 1.45 bits per heavy atom. The number of aryl methyl sites for hydroxylation is 1. The molecule has 0 spiro atoms. The Morgan fingerprint density at radius 2 is 2.25 bits per heavy atom. The maximum absolute atomic E-state index is 11.8. The van der Waals surface area contributed by atoms with Gasteiger partial charge in [-0.05, 0) is 39.0 Å². The van der Waals surface area contributed by atoms with Crippen molar-refractivity contribution < 1.29 is 4.79 Å². The van der Waals surface area contributed by atoms with Gasteiger partial charge in [-0.15, -0.1) is 0 Å². The molecule has 110 valence electrons. The topological polar surface area (TPSA) is 50.2 Å². The van der Waals surface area contributed by atoms with E-state index in [9.17, 15) is 4.79 Å². The van der Waals surface area contributed by atoms with Gasteiger partial charge in [0.05, 0.1) is 0 Å². The van der Waals surface area contributed by atoms with Crippen molar-refractivity contribution in [2.24, 2.45) is 5.92 Å². The molecule has 2 amide bonds. The number of hydrogen-bond acceptors (Lipinski definition) is 2. The minimum absolute atomic E-state index is 0.0803. The molecule has 1 unspecified atom stereocenters. The van der Waals surface area contributed by atoms with Gasteiger partial charge in [0, 0.05) is 44.0 Å². The largest absolute Gasteiger partial charge is 0.338 e. The third-order valence-corrected chi connectivity index (χ3v) is 4.34. The summed E-state index contributed by atoms with van der Waals surface area (Å²) in [7, 11) is 0. The summed E-state index contributed by atoms with van der Waals surface area (Å²) >= 11 is 0. The molecule has 5 heteroatoms. The number of urea groups is 1. The summed E-state index contributed by atoms with van der Waals surface area (Å²) < 4.78 is 2.41. The third-order valence-electron chi connectivity index (χ3n) is 4.34. The van der Waals surface area contributed by atoms with Crippen LogP contribution in [0.1, 0.15) is 43.7 Å². The average Bonchev–Trinajstić information content (AvgIpc) is 3.03. The van der Waals surface area contributed by atoms with Crippen LogP contribution in [0, 0.1) is 12.8 Å². The van der Waals surface area contributed by atoms with E-state index in [1.54, 1.807) is 0 Å². The highest BCUT2D eigenvalue weighted by Crippen LogP contribution is 2.37. The van der Waals surface area contributed by atoms with E-state index in [1.165, 1.54) is 24.4 Å². The van der Waals surface area contributed by atoms with Crippen LogP contribution in [-0.2, 0) is 6.42 Å². The van der Waals surface area contributed by atoms with Crippen molar-refractivity contribution in [2.75, 3.05) is 19.6 Å². The fourth-order valence-electron chi connectivity index (χ4n) is 3.18. The summed E-state index contributed by atoms with van der Waals surface area (Å²) in [6.45, 7) is 6.54. The highest BCUT2D eigenvalue weighted by Gasteiger charge is 2.31. The van der Waals surface area contributed by atoms with Crippen molar-refractivity contribution in [2.45, 2.75) is 45.6 Å². The first-order valence-corrected chi connectivity index (χ1v) is 7.74. The summed E-state index contributed by atoms with van der Waals surface area (Å²) in [5, 5.41) is 2.88. The summed E-state index contributed by atoms with van der Waals surface area (Å²) in [5.41, 5.74) is 1.28. The Kier molecular flexibility index (Phi) is 3.68. The highest BCUT2D eigenvalue weighted by atomic mass is 16.2. The van der Waals surface area contributed by atoms with E-state index in [4.69, 9.17) is 0 Å². The lowest BCUT2D eigenvalue weighted by Crippen LogP contribution is -2.38. The maximum atomic E-state index is 11.8. The molecule has 1 atom stereocenters. The standard InChI is InChI=1S/C15H24N4O/c1-3-16-15(20)18-7-6-12(10-18)8-14-17-9-11(2)19(14)13-4-5-13/h9,12-13H,3-8,10H2,1-2H3,(H,16,20). The zero-order valence-corrected chi connectivity index (χ0v) is 12.4. The zero-order chi connectivity index (χ0) is 14.1. The molecule has 2 aliphatic rings. The molecule has 1 aliphatic carbocycles. The number of aromatic nitrogens is 2. The minimum Gasteiger partial charge on any atom is -0.338 e. The number of nitrogens with zero attached hydrogens (tertiary/aromatic N) is 3. The van der Waals surface area contributed by atoms with Crippen LogP contribution >= 0.6 is 0 Å². The van der Waals surface area contributed by atoms with Crippen LogP contribution in [0.4, 0.5) is 4.79 Å². The maximum Gasteiger partial charge on any atom is 0.317 e. The van der Waals surface area contributed by atoms with Crippen LogP contribution in [0.2, 0.25) is 0 Å². The summed E-state index contributed by atoms with van der Waals surface area (Å²) in [4.78, 5) is 18.4. The predicted molar refractivity (Wildman–Crippen MR) is 77.7 cm³/mol. The van der Waals surface area contributed by atoms with Crippen molar-refractivity contribution in [3.63, 3.8) is 0 Å². The van der Waals surface area contributed by atoms with Crippen molar-refractivity contribution in [3.8, 4) is 0 Å². The lowest BCUT2D eigenvalue weighted by Gasteiger charge is -2.17. The first-order valence-electron chi connectivity index (χ1n) is 7.74. The van der Waals surface area contributed by atoms with Crippen molar-refractivity contribution >= 4 is 6.03 Å².